The summed E-state index contributed by atoms with van der Waals surface area (Å²) >= 11 is 0. The maximum absolute atomic E-state index is 13.3. The van der Waals surface area contributed by atoms with Gasteiger partial charge in [-0.2, -0.15) is 0 Å². The maximum atomic E-state index is 13.3. The second-order valence-electron chi connectivity index (χ2n) is 9.16. The van der Waals surface area contributed by atoms with E-state index >= 15 is 0 Å². The molecule has 0 aliphatic carbocycles. The van der Waals surface area contributed by atoms with Crippen LogP contribution in [0.15, 0.2) is 84.3 Å². The SMILES string of the molecule is COc1ccc(CNc2cc(C(=O)NCCCn3ccnc3)cc(S(=O)(=O)Nc3ccccc3)c2)c(C)c1C. The average Bonchev–Trinajstić information content (AvgIpc) is 3.46. The number of ether oxygens (including phenoxy) is 1. The second-order valence-corrected chi connectivity index (χ2v) is 10.8. The Morgan fingerprint density at radius 1 is 1.00 bits per heavy atom. The smallest absolute Gasteiger partial charge is 0.261 e. The molecule has 0 aliphatic heterocycles. The Morgan fingerprint density at radius 3 is 2.51 bits per heavy atom. The lowest BCUT2D eigenvalue weighted by atomic mass is 10.0. The number of hydrogen-bond acceptors (Lipinski definition) is 6. The molecule has 0 unspecified atom stereocenters. The van der Waals surface area contributed by atoms with Crippen molar-refractivity contribution >= 4 is 27.3 Å². The molecule has 0 atom stereocenters. The molecule has 3 aromatic carbocycles. The van der Waals surface area contributed by atoms with E-state index in [1.807, 2.05) is 36.7 Å². The minimum absolute atomic E-state index is 0.0115. The fourth-order valence-corrected chi connectivity index (χ4v) is 5.28. The van der Waals surface area contributed by atoms with Crippen LogP contribution in [0.1, 0.15) is 33.5 Å². The molecular weight excluding hydrogens is 514 g/mol. The van der Waals surface area contributed by atoms with Crippen molar-refractivity contribution in [3.63, 3.8) is 0 Å². The summed E-state index contributed by atoms with van der Waals surface area (Å²) in [7, 11) is -2.31. The van der Waals surface area contributed by atoms with E-state index in [2.05, 4.69) is 20.3 Å². The Hall–Kier alpha value is -4.31. The van der Waals surface area contributed by atoms with Gasteiger partial charge in [-0.05, 0) is 73.4 Å². The van der Waals surface area contributed by atoms with Gasteiger partial charge in [0.15, 0.2) is 0 Å². The molecule has 1 aromatic heterocycles. The molecule has 0 aliphatic rings. The summed E-state index contributed by atoms with van der Waals surface area (Å²) in [5, 5.41) is 6.19. The van der Waals surface area contributed by atoms with Gasteiger partial charge in [0.05, 0.1) is 18.3 Å². The van der Waals surface area contributed by atoms with Crippen molar-refractivity contribution in [1.82, 2.24) is 14.9 Å². The number of anilines is 2. The Labute approximate surface area is 229 Å². The minimum atomic E-state index is -3.95. The molecule has 204 valence electrons. The quantitative estimate of drug-likeness (QED) is 0.221. The largest absolute Gasteiger partial charge is 0.496 e. The number of sulfonamides is 1. The fraction of sp³-hybridized carbons (Fsp3) is 0.241. The van der Waals surface area contributed by atoms with Crippen LogP contribution in [-0.4, -0.2) is 37.5 Å². The molecule has 0 radical (unpaired) electrons. The van der Waals surface area contributed by atoms with E-state index < -0.39 is 10.0 Å². The highest BCUT2D eigenvalue weighted by Crippen LogP contribution is 2.26. The summed E-state index contributed by atoms with van der Waals surface area (Å²) in [6, 6.07) is 17.1. The summed E-state index contributed by atoms with van der Waals surface area (Å²) in [5.74, 6) is 0.459. The highest BCUT2D eigenvalue weighted by Gasteiger charge is 2.19. The number of hydrogen-bond donors (Lipinski definition) is 3. The van der Waals surface area contributed by atoms with Crippen LogP contribution in [0.4, 0.5) is 11.4 Å². The normalized spacial score (nSPS) is 11.2. The lowest BCUT2D eigenvalue weighted by Gasteiger charge is -2.16. The molecule has 10 heteroatoms. The Balaban J connectivity index is 1.56. The van der Waals surface area contributed by atoms with E-state index in [0.717, 1.165) is 22.4 Å². The van der Waals surface area contributed by atoms with E-state index in [-0.39, 0.29) is 16.4 Å². The number of rotatable bonds is 12. The number of benzene rings is 3. The van der Waals surface area contributed by atoms with Crippen LogP contribution >= 0.6 is 0 Å². The van der Waals surface area contributed by atoms with Crippen molar-refractivity contribution in [1.29, 1.82) is 0 Å². The summed E-state index contributed by atoms with van der Waals surface area (Å²) in [6.45, 7) is 5.60. The van der Waals surface area contributed by atoms with Crippen molar-refractivity contribution in [3.8, 4) is 5.75 Å². The van der Waals surface area contributed by atoms with Crippen molar-refractivity contribution in [2.45, 2.75) is 38.3 Å². The van der Waals surface area contributed by atoms with E-state index in [1.54, 1.807) is 56.0 Å². The molecule has 0 bridgehead atoms. The first-order valence-electron chi connectivity index (χ1n) is 12.6. The van der Waals surface area contributed by atoms with Gasteiger partial charge >= 0.3 is 0 Å². The van der Waals surface area contributed by atoms with Gasteiger partial charge < -0.3 is 19.9 Å². The van der Waals surface area contributed by atoms with Crippen LogP contribution in [0.3, 0.4) is 0 Å². The Bertz CT molecular complexity index is 1520. The van der Waals surface area contributed by atoms with E-state index in [0.29, 0.717) is 37.4 Å². The third-order valence-corrected chi connectivity index (χ3v) is 7.86. The van der Waals surface area contributed by atoms with Gasteiger partial charge in [-0.3, -0.25) is 9.52 Å². The predicted molar refractivity (Wildman–Crippen MR) is 153 cm³/mol. The van der Waals surface area contributed by atoms with Crippen molar-refractivity contribution in [2.75, 3.05) is 23.7 Å². The number of amides is 1. The second kappa shape index (κ2) is 12.5. The van der Waals surface area contributed by atoms with Crippen LogP contribution in [0.2, 0.25) is 0 Å². The lowest BCUT2D eigenvalue weighted by Crippen LogP contribution is -2.26. The molecule has 4 rings (SSSR count). The number of nitrogens with zero attached hydrogens (tertiary/aromatic N) is 2. The molecule has 1 heterocycles. The molecule has 9 nitrogen and oxygen atoms in total. The Morgan fingerprint density at radius 2 is 1.79 bits per heavy atom. The van der Waals surface area contributed by atoms with Crippen molar-refractivity contribution in [3.05, 3.63) is 102 Å². The molecular formula is C29H33N5O4S. The average molecular weight is 548 g/mol. The van der Waals surface area contributed by atoms with Gasteiger partial charge in [-0.25, -0.2) is 13.4 Å². The number of para-hydroxylation sites is 1. The number of methoxy groups -OCH3 is 1. The minimum Gasteiger partial charge on any atom is -0.496 e. The van der Waals surface area contributed by atoms with Crippen LogP contribution in [-0.2, 0) is 23.1 Å². The summed E-state index contributed by atoms with van der Waals surface area (Å²) < 4.78 is 36.5. The lowest BCUT2D eigenvalue weighted by molar-refractivity contribution is 0.0952. The topological polar surface area (TPSA) is 114 Å². The third kappa shape index (κ3) is 7.17. The molecule has 3 N–H and O–H groups in total. The van der Waals surface area contributed by atoms with Crippen molar-refractivity contribution in [2.24, 2.45) is 0 Å². The van der Waals surface area contributed by atoms with Crippen LogP contribution in [0.25, 0.3) is 0 Å². The summed E-state index contributed by atoms with van der Waals surface area (Å²) in [5.41, 5.74) is 4.35. The standard InChI is InChI=1S/C29H33N5O4S/c1-21-22(2)28(38-3)11-10-23(21)19-32-26-16-24(29(35)31-12-7-14-34-15-13-30-20-34)17-27(18-26)39(36,37)33-25-8-5-4-6-9-25/h4-6,8-11,13,15-18,20,32-33H,7,12,14,19H2,1-3H3,(H,31,35). The van der Waals surface area contributed by atoms with E-state index in [9.17, 15) is 13.2 Å². The predicted octanol–water partition coefficient (Wildman–Crippen LogP) is 4.74. The number of carbonyl (C=O) groups is 1. The van der Waals surface area contributed by atoms with Crippen molar-refractivity contribution < 1.29 is 17.9 Å². The highest BCUT2D eigenvalue weighted by atomic mass is 32.2. The van der Waals surface area contributed by atoms with Crippen LogP contribution in [0, 0.1) is 13.8 Å². The monoisotopic (exact) mass is 547 g/mol. The number of aromatic nitrogens is 2. The number of aryl methyl sites for hydroxylation is 1. The molecule has 4 aromatic rings. The molecule has 0 spiro atoms. The van der Waals surface area contributed by atoms with Crippen LogP contribution in [0.5, 0.6) is 5.75 Å². The molecule has 39 heavy (non-hydrogen) atoms. The van der Waals surface area contributed by atoms with Gasteiger partial charge in [-0.15, -0.1) is 0 Å². The van der Waals surface area contributed by atoms with Gasteiger partial charge in [0.25, 0.3) is 15.9 Å². The molecule has 0 saturated heterocycles. The van der Waals surface area contributed by atoms with Gasteiger partial charge in [0.1, 0.15) is 5.75 Å². The zero-order valence-electron chi connectivity index (χ0n) is 22.3. The first kappa shape index (κ1) is 27.7. The summed E-state index contributed by atoms with van der Waals surface area (Å²) in [4.78, 5) is 17.1. The molecule has 1 amide bonds. The zero-order valence-corrected chi connectivity index (χ0v) is 23.1. The van der Waals surface area contributed by atoms with Gasteiger partial charge in [0.2, 0.25) is 0 Å². The van der Waals surface area contributed by atoms with Gasteiger partial charge in [0, 0.05) is 49.0 Å². The number of carbonyl (C=O) groups excluding carboxylic acids is 1. The van der Waals surface area contributed by atoms with Gasteiger partial charge in [-0.1, -0.05) is 24.3 Å². The Kier molecular flexibility index (Phi) is 8.88. The molecule has 0 saturated carbocycles. The fourth-order valence-electron chi connectivity index (χ4n) is 4.15. The number of nitrogens with one attached hydrogen (secondary N) is 3. The van der Waals surface area contributed by atoms with Crippen LogP contribution < -0.4 is 20.1 Å². The number of imidazole rings is 1. The maximum Gasteiger partial charge on any atom is 0.261 e. The first-order valence-corrected chi connectivity index (χ1v) is 14.1. The molecule has 0 fully saturated rings. The zero-order chi connectivity index (χ0) is 27.8. The van der Waals surface area contributed by atoms with E-state index in [4.69, 9.17) is 4.74 Å². The van der Waals surface area contributed by atoms with E-state index in [1.165, 1.54) is 12.1 Å². The summed E-state index contributed by atoms with van der Waals surface area (Å²) in [6.07, 6.45) is 5.99. The third-order valence-electron chi connectivity index (χ3n) is 6.50. The highest BCUT2D eigenvalue weighted by molar-refractivity contribution is 7.92. The first-order chi connectivity index (χ1) is 18.8.